The number of hydrogen-bond acceptors (Lipinski definition) is 3. The van der Waals surface area contributed by atoms with Crippen molar-refractivity contribution in [2.24, 2.45) is 5.92 Å². The molecule has 2 atom stereocenters. The normalized spacial score (nSPS) is 29.4. The van der Waals surface area contributed by atoms with Gasteiger partial charge < -0.3 is 1.43 Å². The summed E-state index contributed by atoms with van der Waals surface area (Å²) in [6.07, 6.45) is 0.812. The summed E-state index contributed by atoms with van der Waals surface area (Å²) < 4.78 is 31.6. The molecule has 0 spiro atoms. The van der Waals surface area contributed by atoms with E-state index in [-0.39, 0.29) is 37.0 Å². The van der Waals surface area contributed by atoms with E-state index in [0.717, 1.165) is 17.9 Å². The second kappa shape index (κ2) is 5.95. The number of hydrogen-bond donors (Lipinski definition) is 2. The molecular formula is C6H14NNaO3S2. The van der Waals surface area contributed by atoms with E-state index in [4.69, 9.17) is 4.55 Å². The molecule has 13 heavy (non-hydrogen) atoms. The Balaban J connectivity index is 0. The van der Waals surface area contributed by atoms with Crippen LogP contribution in [0.1, 0.15) is 14.8 Å². The molecule has 0 aliphatic carbocycles. The molecule has 1 aliphatic rings. The molecule has 1 fully saturated rings. The van der Waals surface area contributed by atoms with Crippen LogP contribution in [0.3, 0.4) is 0 Å². The van der Waals surface area contributed by atoms with Crippen molar-refractivity contribution in [2.75, 3.05) is 11.5 Å². The Morgan fingerprint density at radius 3 is 2.62 bits per heavy atom. The van der Waals surface area contributed by atoms with Crippen LogP contribution >= 0.6 is 11.8 Å². The second-order valence-electron chi connectivity index (χ2n) is 3.17. The molecule has 1 aliphatic heterocycles. The SMILES string of the molecule is CC1CSCC(NS(=O)(=O)O)C1.[H-].[Na+]. The minimum atomic E-state index is -4.01. The molecule has 74 valence electrons. The standard InChI is InChI=1S/C6H13NO3S2.Na.H/c1-5-2-6(4-11-3-5)7-12(8,9)10;;/h5-7H,2-4H2,1H3,(H,8,9,10);;/q;+1;-1. The van der Waals surface area contributed by atoms with Crippen LogP contribution in [-0.4, -0.2) is 30.5 Å². The molecule has 0 radical (unpaired) electrons. The molecule has 0 aromatic rings. The zero-order valence-corrected chi connectivity index (χ0v) is 11.5. The van der Waals surface area contributed by atoms with Gasteiger partial charge in [0.2, 0.25) is 0 Å². The average Bonchev–Trinajstić information content (AvgIpc) is 1.82. The third-order valence-electron chi connectivity index (χ3n) is 1.72. The fourth-order valence-corrected chi connectivity index (χ4v) is 3.21. The van der Waals surface area contributed by atoms with E-state index in [1.54, 1.807) is 11.8 Å². The maximum atomic E-state index is 10.4. The van der Waals surface area contributed by atoms with Crippen LogP contribution in [0.5, 0.6) is 0 Å². The van der Waals surface area contributed by atoms with E-state index in [2.05, 4.69) is 11.6 Å². The smallest absolute Gasteiger partial charge is 1.00 e. The van der Waals surface area contributed by atoms with Crippen molar-refractivity contribution in [2.45, 2.75) is 19.4 Å². The first kappa shape index (κ1) is 14.2. The molecule has 2 unspecified atom stereocenters. The summed E-state index contributed by atoms with van der Waals surface area (Å²) in [5.74, 6) is 2.34. The third-order valence-corrected chi connectivity index (χ3v) is 3.80. The van der Waals surface area contributed by atoms with Gasteiger partial charge in [-0.1, -0.05) is 6.92 Å². The van der Waals surface area contributed by atoms with Gasteiger partial charge in [-0.3, -0.25) is 4.55 Å². The van der Waals surface area contributed by atoms with Gasteiger partial charge in [0.25, 0.3) is 0 Å². The Bertz CT molecular complexity index is 249. The first-order chi connectivity index (χ1) is 5.47. The second-order valence-corrected chi connectivity index (χ2v) is 5.43. The summed E-state index contributed by atoms with van der Waals surface area (Å²) in [5.41, 5.74) is 0. The van der Waals surface area contributed by atoms with Crippen molar-refractivity contribution < 1.29 is 44.0 Å². The van der Waals surface area contributed by atoms with E-state index in [1.807, 2.05) is 0 Å². The Labute approximate surface area is 107 Å². The van der Waals surface area contributed by atoms with Crippen LogP contribution < -0.4 is 34.3 Å². The largest absolute Gasteiger partial charge is 1.00 e. The van der Waals surface area contributed by atoms with Crippen LogP contribution in [0.15, 0.2) is 0 Å². The van der Waals surface area contributed by atoms with E-state index >= 15 is 0 Å². The summed E-state index contributed by atoms with van der Waals surface area (Å²) in [5, 5.41) is 0. The molecular weight excluding hydrogens is 221 g/mol. The Morgan fingerprint density at radius 2 is 2.15 bits per heavy atom. The number of thioether (sulfide) groups is 1. The van der Waals surface area contributed by atoms with Gasteiger partial charge in [0, 0.05) is 11.8 Å². The van der Waals surface area contributed by atoms with Crippen molar-refractivity contribution in [1.82, 2.24) is 4.72 Å². The first-order valence-electron chi connectivity index (χ1n) is 3.80. The Kier molecular flexibility index (Phi) is 6.50. The third kappa shape index (κ3) is 6.33. The minimum Gasteiger partial charge on any atom is -1.00 e. The molecule has 0 aromatic heterocycles. The van der Waals surface area contributed by atoms with Gasteiger partial charge in [0.05, 0.1) is 0 Å². The molecule has 0 amide bonds. The zero-order chi connectivity index (χ0) is 9.19. The molecule has 1 rings (SSSR count). The predicted octanol–water partition coefficient (Wildman–Crippen LogP) is -2.36. The molecule has 0 aromatic carbocycles. The van der Waals surface area contributed by atoms with E-state index in [0.29, 0.717) is 5.92 Å². The molecule has 2 N–H and O–H groups in total. The van der Waals surface area contributed by atoms with E-state index in [1.165, 1.54) is 0 Å². The summed E-state index contributed by atoms with van der Waals surface area (Å²) in [6, 6.07) is -0.103. The van der Waals surface area contributed by atoms with Crippen molar-refractivity contribution >= 4 is 22.1 Å². The van der Waals surface area contributed by atoms with E-state index in [9.17, 15) is 8.42 Å². The fraction of sp³-hybridized carbons (Fsp3) is 1.00. The molecule has 4 nitrogen and oxygen atoms in total. The summed E-state index contributed by atoms with van der Waals surface area (Å²) in [6.45, 7) is 2.07. The van der Waals surface area contributed by atoms with E-state index < -0.39 is 10.3 Å². The average molecular weight is 235 g/mol. The summed E-state index contributed by atoms with van der Waals surface area (Å²) in [4.78, 5) is 0. The maximum absolute atomic E-state index is 10.4. The topological polar surface area (TPSA) is 66.4 Å². The van der Waals surface area contributed by atoms with Gasteiger partial charge in [0.15, 0.2) is 0 Å². The number of rotatable bonds is 2. The van der Waals surface area contributed by atoms with Crippen molar-refractivity contribution in [3.63, 3.8) is 0 Å². The van der Waals surface area contributed by atoms with Crippen LogP contribution in [0.4, 0.5) is 0 Å². The van der Waals surface area contributed by atoms with Crippen LogP contribution in [0, 0.1) is 5.92 Å². The van der Waals surface area contributed by atoms with Crippen molar-refractivity contribution in [3.8, 4) is 0 Å². The van der Waals surface area contributed by atoms with Gasteiger partial charge in [-0.15, -0.1) is 0 Å². The molecule has 0 saturated carbocycles. The molecule has 1 saturated heterocycles. The monoisotopic (exact) mass is 235 g/mol. The van der Waals surface area contributed by atoms with Gasteiger partial charge in [-0.25, -0.2) is 0 Å². The Morgan fingerprint density at radius 1 is 1.54 bits per heavy atom. The van der Waals surface area contributed by atoms with Crippen LogP contribution in [0.2, 0.25) is 0 Å². The van der Waals surface area contributed by atoms with Crippen molar-refractivity contribution in [1.29, 1.82) is 0 Å². The van der Waals surface area contributed by atoms with Gasteiger partial charge in [-0.05, 0) is 18.1 Å². The Hall–Kier alpha value is 1.22. The summed E-state index contributed by atoms with van der Waals surface area (Å²) in [7, 11) is -4.01. The quantitative estimate of drug-likeness (QED) is 0.415. The van der Waals surface area contributed by atoms with Gasteiger partial charge >= 0.3 is 39.9 Å². The van der Waals surface area contributed by atoms with Crippen molar-refractivity contribution in [3.05, 3.63) is 0 Å². The molecule has 7 heteroatoms. The molecule has 0 bridgehead atoms. The van der Waals surface area contributed by atoms with Crippen LogP contribution in [0.25, 0.3) is 0 Å². The fourth-order valence-electron chi connectivity index (χ4n) is 1.33. The number of nitrogens with one attached hydrogen (secondary N) is 1. The first-order valence-corrected chi connectivity index (χ1v) is 6.39. The van der Waals surface area contributed by atoms with Gasteiger partial charge in [-0.2, -0.15) is 24.9 Å². The zero-order valence-electron chi connectivity index (χ0n) is 8.86. The molecule has 1 heterocycles. The minimum absolute atomic E-state index is 0. The summed E-state index contributed by atoms with van der Waals surface area (Å²) >= 11 is 1.71. The maximum Gasteiger partial charge on any atom is 1.00 e. The van der Waals surface area contributed by atoms with Crippen LogP contribution in [-0.2, 0) is 10.3 Å². The predicted molar refractivity (Wildman–Crippen MR) is 50.7 cm³/mol. The van der Waals surface area contributed by atoms with Gasteiger partial charge in [0.1, 0.15) is 0 Å².